The summed E-state index contributed by atoms with van der Waals surface area (Å²) in [6, 6.07) is 3.67. The summed E-state index contributed by atoms with van der Waals surface area (Å²) in [5.74, 6) is -0.223. The summed E-state index contributed by atoms with van der Waals surface area (Å²) in [5.41, 5.74) is 0.219. The highest BCUT2D eigenvalue weighted by Gasteiger charge is 2.34. The second-order valence-corrected chi connectivity index (χ2v) is 8.07. The number of amides is 1. The summed E-state index contributed by atoms with van der Waals surface area (Å²) >= 11 is 12.1. The molecule has 1 aliphatic heterocycles. The fourth-order valence-electron chi connectivity index (χ4n) is 2.63. The predicted molar refractivity (Wildman–Crippen MR) is 89.1 cm³/mol. The Morgan fingerprint density at radius 3 is 2.41 bits per heavy atom. The Morgan fingerprint density at radius 1 is 1.27 bits per heavy atom. The maximum atomic E-state index is 12.5. The molecule has 0 saturated carbocycles. The first kappa shape index (κ1) is 17.4. The molecule has 1 fully saturated rings. The SMILES string of the molecule is C[C@@H](C(=O)N1CCCC1)N(c1cc(Cl)ccc1Cl)S(C)(=O)=O. The van der Waals surface area contributed by atoms with Crippen molar-refractivity contribution in [2.75, 3.05) is 23.7 Å². The monoisotopic (exact) mass is 364 g/mol. The van der Waals surface area contributed by atoms with E-state index in [1.165, 1.54) is 12.1 Å². The van der Waals surface area contributed by atoms with Crippen LogP contribution < -0.4 is 4.31 Å². The van der Waals surface area contributed by atoms with Crippen LogP contribution >= 0.6 is 23.2 Å². The van der Waals surface area contributed by atoms with Gasteiger partial charge in [-0.25, -0.2) is 8.42 Å². The number of likely N-dealkylation sites (tertiary alicyclic amines) is 1. The predicted octanol–water partition coefficient (Wildman–Crippen LogP) is 2.77. The van der Waals surface area contributed by atoms with Gasteiger partial charge in [-0.2, -0.15) is 0 Å². The number of sulfonamides is 1. The van der Waals surface area contributed by atoms with Gasteiger partial charge in [0.1, 0.15) is 6.04 Å². The number of carbonyl (C=O) groups excluding carboxylic acids is 1. The quantitative estimate of drug-likeness (QED) is 0.825. The highest BCUT2D eigenvalue weighted by molar-refractivity contribution is 7.92. The summed E-state index contributed by atoms with van der Waals surface area (Å²) in [6.45, 7) is 2.88. The smallest absolute Gasteiger partial charge is 0.246 e. The number of rotatable bonds is 4. The minimum absolute atomic E-state index is 0.219. The number of halogens is 2. The lowest BCUT2D eigenvalue weighted by atomic mass is 10.2. The average Bonchev–Trinajstić information content (AvgIpc) is 2.94. The van der Waals surface area contributed by atoms with Crippen LogP contribution in [0.3, 0.4) is 0 Å². The van der Waals surface area contributed by atoms with E-state index in [9.17, 15) is 13.2 Å². The van der Waals surface area contributed by atoms with E-state index in [1.54, 1.807) is 17.9 Å². The van der Waals surface area contributed by atoms with Crippen molar-refractivity contribution in [3.8, 4) is 0 Å². The van der Waals surface area contributed by atoms with Gasteiger partial charge in [-0.1, -0.05) is 23.2 Å². The maximum absolute atomic E-state index is 12.5. The third-order valence-electron chi connectivity index (χ3n) is 3.63. The molecule has 1 atom stereocenters. The van der Waals surface area contributed by atoms with Crippen LogP contribution in [0.25, 0.3) is 0 Å². The molecule has 0 aromatic heterocycles. The van der Waals surface area contributed by atoms with E-state index in [-0.39, 0.29) is 16.6 Å². The fraction of sp³-hybridized carbons (Fsp3) is 0.500. The second kappa shape index (κ2) is 6.64. The number of anilines is 1. The molecule has 1 aromatic carbocycles. The molecule has 1 aromatic rings. The summed E-state index contributed by atoms with van der Waals surface area (Å²) in [7, 11) is -3.69. The van der Waals surface area contributed by atoms with Gasteiger partial charge in [-0.3, -0.25) is 9.10 Å². The minimum Gasteiger partial charge on any atom is -0.341 e. The van der Waals surface area contributed by atoms with Crippen molar-refractivity contribution in [2.45, 2.75) is 25.8 Å². The largest absolute Gasteiger partial charge is 0.341 e. The number of nitrogens with zero attached hydrogens (tertiary/aromatic N) is 2. The van der Waals surface area contributed by atoms with E-state index in [0.717, 1.165) is 23.4 Å². The molecule has 0 N–H and O–H groups in total. The molecule has 2 rings (SSSR count). The van der Waals surface area contributed by atoms with Gasteiger partial charge in [0, 0.05) is 18.1 Å². The molecular weight excluding hydrogens is 347 g/mol. The Hall–Kier alpha value is -0.980. The van der Waals surface area contributed by atoms with Gasteiger partial charge < -0.3 is 4.90 Å². The van der Waals surface area contributed by atoms with Crippen LogP contribution in [-0.4, -0.2) is 44.6 Å². The highest BCUT2D eigenvalue weighted by atomic mass is 35.5. The lowest BCUT2D eigenvalue weighted by Crippen LogP contribution is -2.48. The van der Waals surface area contributed by atoms with Gasteiger partial charge in [0.15, 0.2) is 0 Å². The van der Waals surface area contributed by atoms with Gasteiger partial charge in [0.2, 0.25) is 15.9 Å². The molecule has 0 unspecified atom stereocenters. The standard InChI is InChI=1S/C14H18Cl2N2O3S/c1-10(14(19)17-7-3-4-8-17)18(22(2,20)21)13-9-11(15)5-6-12(13)16/h5-6,9-10H,3-4,7-8H2,1-2H3/t10-/m0/s1. The van der Waals surface area contributed by atoms with Crippen LogP contribution in [0, 0.1) is 0 Å². The van der Waals surface area contributed by atoms with E-state index in [2.05, 4.69) is 0 Å². The third-order valence-corrected chi connectivity index (χ3v) is 5.41. The maximum Gasteiger partial charge on any atom is 0.246 e. The first-order valence-corrected chi connectivity index (χ1v) is 9.55. The third kappa shape index (κ3) is 3.67. The summed E-state index contributed by atoms with van der Waals surface area (Å²) < 4.78 is 25.5. The number of carbonyl (C=O) groups is 1. The molecule has 0 aliphatic carbocycles. The first-order valence-electron chi connectivity index (χ1n) is 6.95. The van der Waals surface area contributed by atoms with E-state index in [1.807, 2.05) is 0 Å². The molecule has 122 valence electrons. The molecule has 22 heavy (non-hydrogen) atoms. The van der Waals surface area contributed by atoms with Crippen molar-refractivity contribution in [3.63, 3.8) is 0 Å². The molecular formula is C14H18Cl2N2O3S. The van der Waals surface area contributed by atoms with Crippen LogP contribution in [0.2, 0.25) is 10.0 Å². The molecule has 1 aliphatic rings. The van der Waals surface area contributed by atoms with Crippen molar-refractivity contribution < 1.29 is 13.2 Å². The van der Waals surface area contributed by atoms with Crippen molar-refractivity contribution in [2.24, 2.45) is 0 Å². The van der Waals surface area contributed by atoms with Crippen LogP contribution in [0.15, 0.2) is 18.2 Å². The van der Waals surface area contributed by atoms with E-state index in [0.29, 0.717) is 18.1 Å². The Morgan fingerprint density at radius 2 is 1.86 bits per heavy atom. The zero-order valence-electron chi connectivity index (χ0n) is 12.4. The summed E-state index contributed by atoms with van der Waals surface area (Å²) in [5, 5.41) is 0.588. The highest BCUT2D eigenvalue weighted by Crippen LogP contribution is 2.32. The zero-order chi connectivity index (χ0) is 16.5. The minimum atomic E-state index is -3.69. The Balaban J connectivity index is 2.42. The number of benzene rings is 1. The molecule has 1 saturated heterocycles. The molecule has 0 spiro atoms. The lowest BCUT2D eigenvalue weighted by molar-refractivity contribution is -0.130. The molecule has 1 heterocycles. The normalized spacial score (nSPS) is 16.6. The summed E-state index contributed by atoms with van der Waals surface area (Å²) in [6.07, 6.45) is 2.93. The Labute approximate surface area is 140 Å². The van der Waals surface area contributed by atoms with Gasteiger partial charge in [0.25, 0.3) is 0 Å². The Bertz CT molecular complexity index is 673. The number of hydrogen-bond acceptors (Lipinski definition) is 3. The molecule has 1 amide bonds. The first-order chi connectivity index (χ1) is 10.2. The van der Waals surface area contributed by atoms with Crippen molar-refractivity contribution >= 4 is 44.8 Å². The lowest BCUT2D eigenvalue weighted by Gasteiger charge is -2.31. The van der Waals surface area contributed by atoms with Crippen LogP contribution in [0.4, 0.5) is 5.69 Å². The fourth-order valence-corrected chi connectivity index (χ4v) is 4.23. The number of hydrogen-bond donors (Lipinski definition) is 0. The molecule has 5 nitrogen and oxygen atoms in total. The molecule has 8 heteroatoms. The van der Waals surface area contributed by atoms with E-state index in [4.69, 9.17) is 23.2 Å². The Kier molecular flexibility index (Phi) is 5.25. The van der Waals surface area contributed by atoms with Gasteiger partial charge in [-0.15, -0.1) is 0 Å². The van der Waals surface area contributed by atoms with Crippen LogP contribution in [0.5, 0.6) is 0 Å². The second-order valence-electron chi connectivity index (χ2n) is 5.36. The van der Waals surface area contributed by atoms with Crippen molar-refractivity contribution in [1.29, 1.82) is 0 Å². The van der Waals surface area contributed by atoms with Gasteiger partial charge in [0.05, 0.1) is 17.0 Å². The van der Waals surface area contributed by atoms with Gasteiger partial charge in [-0.05, 0) is 38.0 Å². The zero-order valence-corrected chi connectivity index (χ0v) is 14.7. The van der Waals surface area contributed by atoms with Crippen LogP contribution in [-0.2, 0) is 14.8 Å². The topological polar surface area (TPSA) is 57.7 Å². The van der Waals surface area contributed by atoms with E-state index >= 15 is 0 Å². The molecule has 0 bridgehead atoms. The van der Waals surface area contributed by atoms with Crippen LogP contribution in [0.1, 0.15) is 19.8 Å². The van der Waals surface area contributed by atoms with Crippen molar-refractivity contribution in [1.82, 2.24) is 4.90 Å². The van der Waals surface area contributed by atoms with E-state index < -0.39 is 16.1 Å². The molecule has 0 radical (unpaired) electrons. The van der Waals surface area contributed by atoms with Crippen molar-refractivity contribution in [3.05, 3.63) is 28.2 Å². The average molecular weight is 365 g/mol. The summed E-state index contributed by atoms with van der Waals surface area (Å²) in [4.78, 5) is 14.2. The van der Waals surface area contributed by atoms with Gasteiger partial charge >= 0.3 is 0 Å².